The number of rotatable bonds is 7. The summed E-state index contributed by atoms with van der Waals surface area (Å²) < 4.78 is 46.2. The first-order valence-corrected chi connectivity index (χ1v) is 12.0. The van der Waals surface area contributed by atoms with Crippen LogP contribution in [0.25, 0.3) is 0 Å². The third-order valence-electron chi connectivity index (χ3n) is 5.22. The van der Waals surface area contributed by atoms with Crippen molar-refractivity contribution in [1.82, 2.24) is 4.31 Å². The fourth-order valence-electron chi connectivity index (χ4n) is 3.51. The number of sulfonamides is 1. The van der Waals surface area contributed by atoms with Crippen LogP contribution in [0.1, 0.15) is 53.3 Å². The topological polar surface area (TPSA) is 110 Å². The molecule has 8 nitrogen and oxygen atoms in total. The van der Waals surface area contributed by atoms with E-state index in [1.807, 2.05) is 0 Å². The smallest absolute Gasteiger partial charge is 0.338 e. The number of carbonyl (C=O) groups is 3. The molecule has 0 atom stereocenters. The number of benzene rings is 2. The van der Waals surface area contributed by atoms with E-state index in [0.29, 0.717) is 13.1 Å². The minimum atomic E-state index is -3.65. The molecule has 33 heavy (non-hydrogen) atoms. The lowest BCUT2D eigenvalue weighted by atomic mass is 10.1. The van der Waals surface area contributed by atoms with Gasteiger partial charge in [-0.15, -0.1) is 0 Å². The van der Waals surface area contributed by atoms with E-state index in [1.54, 1.807) is 0 Å². The first kappa shape index (κ1) is 24.5. The number of hydrogen-bond acceptors (Lipinski definition) is 6. The van der Waals surface area contributed by atoms with Crippen LogP contribution in [0.2, 0.25) is 0 Å². The minimum Gasteiger partial charge on any atom is -0.454 e. The molecule has 0 aromatic heterocycles. The summed E-state index contributed by atoms with van der Waals surface area (Å²) in [6.45, 7) is 1.52. The predicted molar refractivity (Wildman–Crippen MR) is 119 cm³/mol. The molecule has 0 unspecified atom stereocenters. The van der Waals surface area contributed by atoms with Crippen LogP contribution in [0.4, 0.5) is 10.1 Å². The highest BCUT2D eigenvalue weighted by molar-refractivity contribution is 7.89. The molecule has 1 fully saturated rings. The Hall–Kier alpha value is -3.11. The minimum absolute atomic E-state index is 0.0686. The molecule has 3 rings (SSSR count). The molecule has 1 aliphatic rings. The summed E-state index contributed by atoms with van der Waals surface area (Å²) in [5.74, 6) is -2.83. The van der Waals surface area contributed by atoms with E-state index < -0.39 is 34.2 Å². The second-order valence-electron chi connectivity index (χ2n) is 7.72. The van der Waals surface area contributed by atoms with Gasteiger partial charge in [0.1, 0.15) is 5.82 Å². The summed E-state index contributed by atoms with van der Waals surface area (Å²) in [6, 6.07) is 8.86. The maximum absolute atomic E-state index is 14.2. The molecule has 10 heteroatoms. The highest BCUT2D eigenvalue weighted by Crippen LogP contribution is 2.21. The maximum atomic E-state index is 14.2. The number of halogens is 1. The molecular formula is C23H25FN2O6S. The summed E-state index contributed by atoms with van der Waals surface area (Å²) in [7, 11) is -3.65. The number of ketones is 1. The molecule has 0 radical (unpaired) electrons. The molecule has 1 amide bonds. The van der Waals surface area contributed by atoms with Crippen molar-refractivity contribution >= 4 is 33.4 Å². The van der Waals surface area contributed by atoms with E-state index in [0.717, 1.165) is 31.7 Å². The van der Waals surface area contributed by atoms with Crippen molar-refractivity contribution in [2.24, 2.45) is 0 Å². The van der Waals surface area contributed by atoms with E-state index in [4.69, 9.17) is 4.74 Å². The van der Waals surface area contributed by atoms with Gasteiger partial charge in [0.05, 0.1) is 16.0 Å². The second kappa shape index (κ2) is 10.7. The molecule has 0 aliphatic carbocycles. The zero-order valence-electron chi connectivity index (χ0n) is 18.2. The first-order chi connectivity index (χ1) is 15.7. The molecule has 176 valence electrons. The van der Waals surface area contributed by atoms with E-state index in [1.165, 1.54) is 47.6 Å². The number of Topliss-reactive ketones (excluding diaryl/α,β-unsaturated/α-hetero) is 1. The number of hydrogen-bond donors (Lipinski definition) is 1. The Labute approximate surface area is 191 Å². The third kappa shape index (κ3) is 6.23. The Kier molecular flexibility index (Phi) is 7.93. The number of nitrogens with zero attached hydrogens (tertiary/aromatic N) is 1. The van der Waals surface area contributed by atoms with Crippen LogP contribution in [0.15, 0.2) is 47.4 Å². The van der Waals surface area contributed by atoms with Crippen LogP contribution in [0.3, 0.4) is 0 Å². The first-order valence-electron chi connectivity index (χ1n) is 10.6. The molecule has 0 saturated carbocycles. The maximum Gasteiger partial charge on any atom is 0.338 e. The number of esters is 1. The standard InChI is InChI=1S/C23H25FN2O6S/c1-16(27)25-18-8-11-20(21(24)14-18)22(28)15-32-23(29)17-6-9-19(10-7-17)33(30,31)26-12-4-2-3-5-13-26/h6-11,14H,2-5,12-13,15H2,1H3,(H,25,27). The van der Waals surface area contributed by atoms with Crippen molar-refractivity contribution in [3.8, 4) is 0 Å². The largest absolute Gasteiger partial charge is 0.454 e. The van der Waals surface area contributed by atoms with Gasteiger partial charge in [-0.1, -0.05) is 12.8 Å². The highest BCUT2D eigenvalue weighted by atomic mass is 32.2. The molecule has 1 aliphatic heterocycles. The highest BCUT2D eigenvalue weighted by Gasteiger charge is 2.25. The molecule has 2 aromatic carbocycles. The Balaban J connectivity index is 1.62. The van der Waals surface area contributed by atoms with Gasteiger partial charge in [0.15, 0.2) is 6.61 Å². The van der Waals surface area contributed by atoms with Gasteiger partial charge < -0.3 is 10.1 Å². The molecular weight excluding hydrogens is 451 g/mol. The average Bonchev–Trinajstić information content (AvgIpc) is 3.07. The number of nitrogens with one attached hydrogen (secondary N) is 1. The number of anilines is 1. The lowest BCUT2D eigenvalue weighted by Crippen LogP contribution is -2.31. The van der Waals surface area contributed by atoms with Gasteiger partial charge in [0.25, 0.3) is 0 Å². The van der Waals surface area contributed by atoms with Gasteiger partial charge >= 0.3 is 5.97 Å². The zero-order chi connectivity index (χ0) is 24.0. The fourth-order valence-corrected chi connectivity index (χ4v) is 5.03. The van der Waals surface area contributed by atoms with Crippen LogP contribution in [-0.2, 0) is 19.6 Å². The van der Waals surface area contributed by atoms with E-state index in [9.17, 15) is 27.2 Å². The lowest BCUT2D eigenvalue weighted by molar-refractivity contribution is -0.114. The monoisotopic (exact) mass is 476 g/mol. The van der Waals surface area contributed by atoms with Crippen LogP contribution < -0.4 is 5.32 Å². The van der Waals surface area contributed by atoms with Crippen LogP contribution in [0, 0.1) is 5.82 Å². The van der Waals surface area contributed by atoms with Crippen molar-refractivity contribution < 1.29 is 31.9 Å². The normalized spacial score (nSPS) is 14.8. The van der Waals surface area contributed by atoms with Gasteiger partial charge in [0, 0.05) is 25.7 Å². The lowest BCUT2D eigenvalue weighted by Gasteiger charge is -2.19. The van der Waals surface area contributed by atoms with E-state index in [2.05, 4.69) is 5.32 Å². The van der Waals surface area contributed by atoms with Crippen molar-refractivity contribution in [1.29, 1.82) is 0 Å². The van der Waals surface area contributed by atoms with Gasteiger partial charge in [-0.25, -0.2) is 17.6 Å². The quantitative estimate of drug-likeness (QED) is 0.485. The number of carbonyl (C=O) groups excluding carboxylic acids is 3. The van der Waals surface area contributed by atoms with Crippen molar-refractivity contribution in [2.75, 3.05) is 25.0 Å². The van der Waals surface area contributed by atoms with Gasteiger partial charge in [-0.2, -0.15) is 4.31 Å². The van der Waals surface area contributed by atoms with Crippen LogP contribution >= 0.6 is 0 Å². The molecule has 1 N–H and O–H groups in total. The molecule has 2 aromatic rings. The Morgan fingerprint density at radius 3 is 2.21 bits per heavy atom. The van der Waals surface area contributed by atoms with E-state index in [-0.39, 0.29) is 27.6 Å². The summed E-state index contributed by atoms with van der Waals surface area (Å²) >= 11 is 0. The number of ether oxygens (including phenoxy) is 1. The molecule has 1 heterocycles. The summed E-state index contributed by atoms with van der Waals surface area (Å²) in [6.07, 6.45) is 3.63. The summed E-state index contributed by atoms with van der Waals surface area (Å²) in [4.78, 5) is 35.6. The molecule has 1 saturated heterocycles. The Morgan fingerprint density at radius 1 is 1.00 bits per heavy atom. The van der Waals surface area contributed by atoms with Crippen molar-refractivity contribution in [3.05, 3.63) is 59.4 Å². The van der Waals surface area contributed by atoms with E-state index >= 15 is 0 Å². The summed E-state index contributed by atoms with van der Waals surface area (Å²) in [5.41, 5.74) is -0.0151. The Morgan fingerprint density at radius 2 is 1.64 bits per heavy atom. The van der Waals surface area contributed by atoms with Crippen molar-refractivity contribution in [3.63, 3.8) is 0 Å². The molecule has 0 spiro atoms. The number of amides is 1. The van der Waals surface area contributed by atoms with Crippen LogP contribution in [-0.4, -0.2) is 50.1 Å². The molecule has 0 bridgehead atoms. The third-order valence-corrected chi connectivity index (χ3v) is 7.13. The van der Waals surface area contributed by atoms with Crippen molar-refractivity contribution in [2.45, 2.75) is 37.5 Å². The fraction of sp³-hybridized carbons (Fsp3) is 0.348. The zero-order valence-corrected chi connectivity index (χ0v) is 19.0. The van der Waals surface area contributed by atoms with Gasteiger partial charge in [-0.05, 0) is 55.3 Å². The average molecular weight is 477 g/mol. The van der Waals surface area contributed by atoms with Gasteiger partial charge in [0.2, 0.25) is 21.7 Å². The Bertz CT molecular complexity index is 1140. The van der Waals surface area contributed by atoms with Gasteiger partial charge in [-0.3, -0.25) is 9.59 Å². The second-order valence-corrected chi connectivity index (χ2v) is 9.66. The predicted octanol–water partition coefficient (Wildman–Crippen LogP) is 3.39. The SMILES string of the molecule is CC(=O)Nc1ccc(C(=O)COC(=O)c2ccc(S(=O)(=O)N3CCCCCC3)cc2)c(F)c1. The summed E-state index contributed by atoms with van der Waals surface area (Å²) in [5, 5.41) is 2.40. The van der Waals surface area contributed by atoms with Crippen LogP contribution in [0.5, 0.6) is 0 Å².